The van der Waals surface area contributed by atoms with Gasteiger partial charge in [-0.15, -0.1) is 0 Å². The molecule has 0 aliphatic carbocycles. The van der Waals surface area contributed by atoms with Crippen LogP contribution in [0.1, 0.15) is 25.0 Å². The topological polar surface area (TPSA) is 61.6 Å². The summed E-state index contributed by atoms with van der Waals surface area (Å²) in [6, 6.07) is 19.8. The van der Waals surface area contributed by atoms with E-state index in [1.807, 2.05) is 67.6 Å². The molecule has 0 unspecified atom stereocenters. The molecular formula is C20H25NO3. The number of aldehydes is 1. The fourth-order valence-electron chi connectivity index (χ4n) is 2.87. The first-order chi connectivity index (χ1) is 11.5. The van der Waals surface area contributed by atoms with E-state index in [4.69, 9.17) is 15.2 Å². The number of methoxy groups -OCH3 is 1. The quantitative estimate of drug-likeness (QED) is 0.757. The van der Waals surface area contributed by atoms with Crippen LogP contribution in [0.5, 0.6) is 0 Å². The van der Waals surface area contributed by atoms with Crippen molar-refractivity contribution in [2.24, 2.45) is 5.73 Å². The van der Waals surface area contributed by atoms with E-state index in [1.165, 1.54) is 0 Å². The highest BCUT2D eigenvalue weighted by Crippen LogP contribution is 2.38. The summed E-state index contributed by atoms with van der Waals surface area (Å²) in [7, 11) is 1.67. The molecule has 0 saturated heterocycles. The SMILES string of the molecule is COC(c1ccccc1)(c1ccccc1)[C@H](C)OC[C@](C)(N)C=O. The van der Waals surface area contributed by atoms with Crippen molar-refractivity contribution in [3.8, 4) is 0 Å². The zero-order valence-corrected chi connectivity index (χ0v) is 14.4. The minimum Gasteiger partial charge on any atom is -0.372 e. The summed E-state index contributed by atoms with van der Waals surface area (Å²) in [6.45, 7) is 3.69. The van der Waals surface area contributed by atoms with Crippen LogP contribution in [0.25, 0.3) is 0 Å². The fraction of sp³-hybridized carbons (Fsp3) is 0.350. The summed E-state index contributed by atoms with van der Waals surface area (Å²) in [5, 5.41) is 0. The van der Waals surface area contributed by atoms with Crippen LogP contribution in [0.2, 0.25) is 0 Å². The van der Waals surface area contributed by atoms with Crippen molar-refractivity contribution in [3.05, 3.63) is 71.8 Å². The summed E-state index contributed by atoms with van der Waals surface area (Å²) in [4.78, 5) is 11.1. The van der Waals surface area contributed by atoms with Crippen molar-refractivity contribution in [3.63, 3.8) is 0 Å². The van der Waals surface area contributed by atoms with Crippen LogP contribution in [0, 0.1) is 0 Å². The normalized spacial score (nSPS) is 15.5. The summed E-state index contributed by atoms with van der Waals surface area (Å²) in [5.41, 5.74) is 6.04. The van der Waals surface area contributed by atoms with Crippen LogP contribution in [0.15, 0.2) is 60.7 Å². The van der Waals surface area contributed by atoms with E-state index in [-0.39, 0.29) is 12.7 Å². The van der Waals surface area contributed by atoms with Crippen LogP contribution in [0.4, 0.5) is 0 Å². The molecule has 4 nitrogen and oxygen atoms in total. The Morgan fingerprint density at radius 3 is 1.88 bits per heavy atom. The Bertz CT molecular complexity index is 601. The second-order valence-corrected chi connectivity index (χ2v) is 6.25. The van der Waals surface area contributed by atoms with Gasteiger partial charge in [-0.3, -0.25) is 0 Å². The number of hydrogen-bond donors (Lipinski definition) is 1. The van der Waals surface area contributed by atoms with Gasteiger partial charge in [0.2, 0.25) is 0 Å². The number of carbonyl (C=O) groups excluding carboxylic acids is 1. The van der Waals surface area contributed by atoms with Crippen LogP contribution in [-0.2, 0) is 19.9 Å². The van der Waals surface area contributed by atoms with Gasteiger partial charge in [0.1, 0.15) is 11.9 Å². The monoisotopic (exact) mass is 327 g/mol. The number of benzene rings is 2. The molecule has 0 heterocycles. The number of rotatable bonds is 8. The van der Waals surface area contributed by atoms with Gasteiger partial charge in [-0.1, -0.05) is 60.7 Å². The molecule has 2 aromatic rings. The summed E-state index contributed by atoms with van der Waals surface area (Å²) in [6.07, 6.45) is 0.356. The molecule has 0 bridgehead atoms. The number of nitrogens with two attached hydrogens (primary N) is 1. The first kappa shape index (κ1) is 18.3. The van der Waals surface area contributed by atoms with Crippen molar-refractivity contribution in [2.75, 3.05) is 13.7 Å². The molecular weight excluding hydrogens is 302 g/mol. The molecule has 0 amide bonds. The second-order valence-electron chi connectivity index (χ2n) is 6.25. The van der Waals surface area contributed by atoms with Crippen molar-refractivity contribution >= 4 is 6.29 Å². The van der Waals surface area contributed by atoms with Gasteiger partial charge in [0.25, 0.3) is 0 Å². The van der Waals surface area contributed by atoms with Gasteiger partial charge in [-0.25, -0.2) is 0 Å². The molecule has 0 saturated carbocycles. The fourth-order valence-corrected chi connectivity index (χ4v) is 2.87. The zero-order chi connectivity index (χ0) is 17.6. The number of ether oxygens (including phenoxy) is 2. The minimum absolute atomic E-state index is 0.114. The summed E-state index contributed by atoms with van der Waals surface area (Å²) < 4.78 is 12.0. The first-order valence-corrected chi connectivity index (χ1v) is 7.99. The molecule has 0 radical (unpaired) electrons. The molecule has 4 heteroatoms. The highest BCUT2D eigenvalue weighted by Gasteiger charge is 2.41. The largest absolute Gasteiger partial charge is 0.372 e. The molecule has 24 heavy (non-hydrogen) atoms. The molecule has 2 N–H and O–H groups in total. The van der Waals surface area contributed by atoms with Gasteiger partial charge in [0.05, 0.1) is 18.2 Å². The molecule has 0 aliphatic heterocycles. The predicted octanol–water partition coefficient (Wildman–Crippen LogP) is 2.90. The minimum atomic E-state index is -1.03. The van der Waals surface area contributed by atoms with Crippen LogP contribution >= 0.6 is 0 Å². The molecule has 0 spiro atoms. The van der Waals surface area contributed by atoms with Gasteiger partial charge < -0.3 is 20.0 Å². The zero-order valence-electron chi connectivity index (χ0n) is 14.4. The van der Waals surface area contributed by atoms with Crippen LogP contribution in [0.3, 0.4) is 0 Å². The Balaban J connectivity index is 2.45. The lowest BCUT2D eigenvalue weighted by Gasteiger charge is -2.39. The van der Waals surface area contributed by atoms with E-state index in [0.29, 0.717) is 6.29 Å². The molecule has 2 atom stereocenters. The molecule has 0 aliphatic rings. The average molecular weight is 327 g/mol. The Morgan fingerprint density at radius 1 is 1.04 bits per heavy atom. The van der Waals surface area contributed by atoms with E-state index in [1.54, 1.807) is 14.0 Å². The average Bonchev–Trinajstić information content (AvgIpc) is 2.63. The van der Waals surface area contributed by atoms with Crippen molar-refractivity contribution in [2.45, 2.75) is 31.1 Å². The molecule has 2 aromatic carbocycles. The lowest BCUT2D eigenvalue weighted by molar-refractivity contribution is -0.125. The molecule has 128 valence electrons. The molecule has 0 aromatic heterocycles. The Morgan fingerprint density at radius 2 is 1.50 bits per heavy atom. The van der Waals surface area contributed by atoms with Crippen molar-refractivity contribution in [1.29, 1.82) is 0 Å². The third kappa shape index (κ3) is 3.73. The van der Waals surface area contributed by atoms with Crippen LogP contribution < -0.4 is 5.73 Å². The third-order valence-electron chi connectivity index (χ3n) is 4.21. The molecule has 2 rings (SSSR count). The Labute approximate surface area is 143 Å². The van der Waals surface area contributed by atoms with E-state index in [2.05, 4.69) is 0 Å². The molecule has 0 fully saturated rings. The Hall–Kier alpha value is -2.01. The lowest BCUT2D eigenvalue weighted by Crippen LogP contribution is -2.48. The highest BCUT2D eigenvalue weighted by atomic mass is 16.5. The van der Waals surface area contributed by atoms with Crippen molar-refractivity contribution < 1.29 is 14.3 Å². The van der Waals surface area contributed by atoms with Crippen LogP contribution in [-0.4, -0.2) is 31.6 Å². The maximum atomic E-state index is 11.1. The third-order valence-corrected chi connectivity index (χ3v) is 4.21. The Kier molecular flexibility index (Phi) is 5.89. The van der Waals surface area contributed by atoms with Gasteiger partial charge in [-0.05, 0) is 25.0 Å². The number of hydrogen-bond acceptors (Lipinski definition) is 4. The van der Waals surface area contributed by atoms with E-state index < -0.39 is 11.1 Å². The standard InChI is InChI=1S/C20H25NO3/c1-16(24-15-19(2,21)14-22)20(23-3,17-10-6-4-7-11-17)18-12-8-5-9-13-18/h4-14,16H,15,21H2,1-3H3/t16-,19+/m0/s1. The first-order valence-electron chi connectivity index (χ1n) is 7.99. The van der Waals surface area contributed by atoms with Crippen molar-refractivity contribution in [1.82, 2.24) is 0 Å². The van der Waals surface area contributed by atoms with E-state index in [0.717, 1.165) is 11.1 Å². The smallest absolute Gasteiger partial charge is 0.143 e. The maximum absolute atomic E-state index is 11.1. The summed E-state index contributed by atoms with van der Waals surface area (Å²) in [5.74, 6) is 0. The maximum Gasteiger partial charge on any atom is 0.143 e. The van der Waals surface area contributed by atoms with Gasteiger partial charge >= 0.3 is 0 Å². The highest BCUT2D eigenvalue weighted by molar-refractivity contribution is 5.63. The van der Waals surface area contributed by atoms with Gasteiger partial charge in [-0.2, -0.15) is 0 Å². The number of carbonyl (C=O) groups is 1. The predicted molar refractivity (Wildman–Crippen MR) is 94.7 cm³/mol. The van der Waals surface area contributed by atoms with E-state index in [9.17, 15) is 4.79 Å². The van der Waals surface area contributed by atoms with Gasteiger partial charge in [0, 0.05) is 7.11 Å². The van der Waals surface area contributed by atoms with E-state index >= 15 is 0 Å². The second kappa shape index (κ2) is 7.71. The summed E-state index contributed by atoms with van der Waals surface area (Å²) >= 11 is 0. The lowest BCUT2D eigenvalue weighted by atomic mass is 9.81. The van der Waals surface area contributed by atoms with Gasteiger partial charge in [0.15, 0.2) is 0 Å².